The fraction of sp³-hybridized carbons (Fsp3) is 0.381. The van der Waals surface area contributed by atoms with Gasteiger partial charge in [0.2, 0.25) is 10.0 Å². The monoisotopic (exact) mass is 402 g/mol. The van der Waals surface area contributed by atoms with Gasteiger partial charge in [-0.05, 0) is 61.6 Å². The number of para-hydroxylation sites is 1. The number of nitrogens with one attached hydrogen (secondary N) is 1. The summed E-state index contributed by atoms with van der Waals surface area (Å²) < 4.78 is 32.1. The largest absolute Gasteiger partial charge is 0.484 e. The van der Waals surface area contributed by atoms with Gasteiger partial charge in [0.05, 0.1) is 4.90 Å². The maximum Gasteiger partial charge on any atom is 0.262 e. The Morgan fingerprint density at radius 2 is 1.79 bits per heavy atom. The lowest BCUT2D eigenvalue weighted by Gasteiger charge is -2.16. The van der Waals surface area contributed by atoms with Crippen LogP contribution in [0.5, 0.6) is 5.75 Å². The predicted octanol–water partition coefficient (Wildman–Crippen LogP) is 3.36. The van der Waals surface area contributed by atoms with E-state index in [0.29, 0.717) is 18.8 Å². The van der Waals surface area contributed by atoms with Gasteiger partial charge in [0.15, 0.2) is 6.61 Å². The molecule has 0 radical (unpaired) electrons. The van der Waals surface area contributed by atoms with E-state index in [4.69, 9.17) is 4.74 Å². The minimum atomic E-state index is -3.44. The highest BCUT2D eigenvalue weighted by Gasteiger charge is 2.26. The van der Waals surface area contributed by atoms with Gasteiger partial charge >= 0.3 is 0 Å². The van der Waals surface area contributed by atoms with Gasteiger partial charge in [0, 0.05) is 18.8 Å². The van der Waals surface area contributed by atoms with Crippen molar-refractivity contribution in [2.75, 3.05) is 25.0 Å². The summed E-state index contributed by atoms with van der Waals surface area (Å²) in [4.78, 5) is 12.5. The number of aryl methyl sites for hydroxylation is 2. The molecule has 0 unspecified atom stereocenters. The van der Waals surface area contributed by atoms with Crippen LogP contribution in [0.3, 0.4) is 0 Å². The van der Waals surface area contributed by atoms with Gasteiger partial charge in [-0.1, -0.05) is 25.1 Å². The summed E-state index contributed by atoms with van der Waals surface area (Å²) in [6.45, 7) is 4.99. The second-order valence-electron chi connectivity index (χ2n) is 6.88. The Morgan fingerprint density at radius 1 is 1.11 bits per heavy atom. The van der Waals surface area contributed by atoms with Crippen LogP contribution in [0.15, 0.2) is 47.4 Å². The molecule has 1 saturated heterocycles. The number of benzene rings is 2. The van der Waals surface area contributed by atoms with Crippen molar-refractivity contribution in [3.63, 3.8) is 0 Å². The number of sulfonamides is 1. The average Bonchev–Trinajstić information content (AvgIpc) is 3.24. The van der Waals surface area contributed by atoms with Gasteiger partial charge < -0.3 is 10.1 Å². The molecule has 3 rings (SSSR count). The molecule has 6 nitrogen and oxygen atoms in total. The molecule has 1 amide bonds. The standard InChI is InChI=1S/C21H26N2O4S/c1-3-17-8-6-7-16(2)21(17)22-20(24)15-27-18-9-11-19(12-10-18)28(25,26)23-13-4-5-14-23/h6-12H,3-5,13-15H2,1-2H3,(H,22,24). The van der Waals surface area contributed by atoms with Crippen molar-refractivity contribution in [3.8, 4) is 5.75 Å². The summed E-state index contributed by atoms with van der Waals surface area (Å²) >= 11 is 0. The van der Waals surface area contributed by atoms with Gasteiger partial charge in [0.25, 0.3) is 5.91 Å². The topological polar surface area (TPSA) is 75.7 Å². The van der Waals surface area contributed by atoms with E-state index in [-0.39, 0.29) is 17.4 Å². The Bertz CT molecular complexity index is 933. The number of amides is 1. The molecule has 1 aliphatic heterocycles. The molecule has 1 fully saturated rings. The lowest BCUT2D eigenvalue weighted by Crippen LogP contribution is -2.27. The third-order valence-corrected chi connectivity index (χ3v) is 6.81. The number of hydrogen-bond donors (Lipinski definition) is 1. The van der Waals surface area contributed by atoms with Crippen LogP contribution in [0.1, 0.15) is 30.9 Å². The molecule has 0 spiro atoms. The second kappa shape index (κ2) is 8.75. The molecule has 1 N–H and O–H groups in total. The molecule has 0 atom stereocenters. The molecule has 0 aromatic heterocycles. The van der Waals surface area contributed by atoms with Crippen molar-refractivity contribution in [3.05, 3.63) is 53.6 Å². The maximum atomic E-state index is 12.5. The SMILES string of the molecule is CCc1cccc(C)c1NC(=O)COc1ccc(S(=O)(=O)N2CCCC2)cc1. The second-order valence-corrected chi connectivity index (χ2v) is 8.82. The van der Waals surface area contributed by atoms with Crippen molar-refractivity contribution in [1.82, 2.24) is 4.31 Å². The number of carbonyl (C=O) groups excluding carboxylic acids is 1. The minimum Gasteiger partial charge on any atom is -0.484 e. The normalized spacial score (nSPS) is 14.8. The lowest BCUT2D eigenvalue weighted by atomic mass is 10.1. The first-order valence-corrected chi connectivity index (χ1v) is 11.0. The highest BCUT2D eigenvalue weighted by Crippen LogP contribution is 2.23. The van der Waals surface area contributed by atoms with E-state index in [1.165, 1.54) is 16.4 Å². The molecule has 0 aliphatic carbocycles. The Hall–Kier alpha value is -2.38. The zero-order valence-electron chi connectivity index (χ0n) is 16.3. The highest BCUT2D eigenvalue weighted by atomic mass is 32.2. The Balaban J connectivity index is 1.60. The van der Waals surface area contributed by atoms with Crippen LogP contribution in [0.25, 0.3) is 0 Å². The van der Waals surface area contributed by atoms with E-state index in [1.807, 2.05) is 32.0 Å². The van der Waals surface area contributed by atoms with Crippen LogP contribution < -0.4 is 10.1 Å². The van der Waals surface area contributed by atoms with Crippen LogP contribution in [0, 0.1) is 6.92 Å². The fourth-order valence-electron chi connectivity index (χ4n) is 3.31. The third kappa shape index (κ3) is 4.54. The van der Waals surface area contributed by atoms with Crippen LogP contribution in [0.2, 0.25) is 0 Å². The van der Waals surface area contributed by atoms with Crippen molar-refractivity contribution < 1.29 is 17.9 Å². The maximum absolute atomic E-state index is 12.5. The molecule has 2 aromatic carbocycles. The zero-order valence-corrected chi connectivity index (χ0v) is 17.1. The first-order valence-electron chi connectivity index (χ1n) is 9.53. The molecule has 1 aliphatic rings. The Labute approximate surface area is 166 Å². The van der Waals surface area contributed by atoms with Crippen molar-refractivity contribution in [2.45, 2.75) is 38.0 Å². The van der Waals surface area contributed by atoms with Crippen LogP contribution in [0.4, 0.5) is 5.69 Å². The summed E-state index contributed by atoms with van der Waals surface area (Å²) in [5, 5.41) is 2.91. The fourth-order valence-corrected chi connectivity index (χ4v) is 4.83. The number of rotatable bonds is 7. The van der Waals surface area contributed by atoms with E-state index >= 15 is 0 Å². The molecular weight excluding hydrogens is 376 g/mol. The first kappa shape index (κ1) is 20.4. The van der Waals surface area contributed by atoms with Crippen molar-refractivity contribution in [1.29, 1.82) is 0 Å². The lowest BCUT2D eigenvalue weighted by molar-refractivity contribution is -0.118. The van der Waals surface area contributed by atoms with Crippen LogP contribution >= 0.6 is 0 Å². The van der Waals surface area contributed by atoms with E-state index in [1.54, 1.807) is 12.1 Å². The predicted molar refractivity (Wildman–Crippen MR) is 109 cm³/mol. The molecule has 7 heteroatoms. The van der Waals surface area contributed by atoms with E-state index < -0.39 is 10.0 Å². The Kier molecular flexibility index (Phi) is 6.36. The summed E-state index contributed by atoms with van der Waals surface area (Å²) in [5.74, 6) is 0.203. The molecule has 28 heavy (non-hydrogen) atoms. The quantitative estimate of drug-likeness (QED) is 0.771. The van der Waals surface area contributed by atoms with Crippen LogP contribution in [-0.4, -0.2) is 38.3 Å². The number of nitrogens with zero attached hydrogens (tertiary/aromatic N) is 1. The van der Waals surface area contributed by atoms with Gasteiger partial charge in [0.1, 0.15) is 5.75 Å². The number of carbonyl (C=O) groups is 1. The molecule has 2 aromatic rings. The van der Waals surface area contributed by atoms with Gasteiger partial charge in [-0.15, -0.1) is 0 Å². The van der Waals surface area contributed by atoms with E-state index in [2.05, 4.69) is 5.32 Å². The summed E-state index contributed by atoms with van der Waals surface area (Å²) in [5.41, 5.74) is 2.90. The number of hydrogen-bond acceptors (Lipinski definition) is 4. The molecule has 0 bridgehead atoms. The summed E-state index contributed by atoms with van der Waals surface area (Å²) in [6.07, 6.45) is 2.62. The summed E-state index contributed by atoms with van der Waals surface area (Å²) in [7, 11) is -3.44. The smallest absolute Gasteiger partial charge is 0.262 e. The van der Waals surface area contributed by atoms with Gasteiger partial charge in [-0.2, -0.15) is 4.31 Å². The molecular formula is C21H26N2O4S. The minimum absolute atomic E-state index is 0.143. The molecule has 1 heterocycles. The Morgan fingerprint density at radius 3 is 2.43 bits per heavy atom. The average molecular weight is 403 g/mol. The van der Waals surface area contributed by atoms with Crippen molar-refractivity contribution in [2.24, 2.45) is 0 Å². The summed E-state index contributed by atoms with van der Waals surface area (Å²) in [6, 6.07) is 12.1. The molecule has 150 valence electrons. The molecule has 0 saturated carbocycles. The number of anilines is 1. The first-order chi connectivity index (χ1) is 13.4. The van der Waals surface area contributed by atoms with Gasteiger partial charge in [-0.25, -0.2) is 8.42 Å². The van der Waals surface area contributed by atoms with E-state index in [9.17, 15) is 13.2 Å². The van der Waals surface area contributed by atoms with E-state index in [0.717, 1.165) is 36.1 Å². The number of ether oxygens (including phenoxy) is 1. The van der Waals surface area contributed by atoms with Crippen LogP contribution in [-0.2, 0) is 21.2 Å². The van der Waals surface area contributed by atoms with Crippen molar-refractivity contribution >= 4 is 21.6 Å². The highest BCUT2D eigenvalue weighted by molar-refractivity contribution is 7.89. The van der Waals surface area contributed by atoms with Gasteiger partial charge in [-0.3, -0.25) is 4.79 Å². The zero-order chi connectivity index (χ0) is 20.1. The third-order valence-electron chi connectivity index (χ3n) is 4.90.